The molecule has 0 atom stereocenters. The molecule has 0 amide bonds. The normalized spacial score (nSPS) is 10.6. The quantitative estimate of drug-likeness (QED) is 0.554. The fourth-order valence-electron chi connectivity index (χ4n) is 1.19. The zero-order valence-electron chi connectivity index (χ0n) is 6.70. The van der Waals surface area contributed by atoms with Crippen molar-refractivity contribution in [1.82, 2.24) is 9.97 Å². The van der Waals surface area contributed by atoms with Crippen molar-refractivity contribution in [2.75, 3.05) is 0 Å². The number of aromatic nitrogens is 2. The molecule has 0 bridgehead atoms. The molecule has 6 nitrogen and oxygen atoms in total. The van der Waals surface area contributed by atoms with E-state index in [1.54, 1.807) is 0 Å². The van der Waals surface area contributed by atoms with E-state index in [1.807, 2.05) is 0 Å². The molecule has 0 fully saturated rings. The van der Waals surface area contributed by atoms with Gasteiger partial charge in [-0.1, -0.05) is 11.6 Å². The second-order valence-corrected chi connectivity index (χ2v) is 3.09. The largest absolute Gasteiger partial charge is 0.323 e. The van der Waals surface area contributed by atoms with E-state index in [-0.39, 0.29) is 10.7 Å². The Kier molecular flexibility index (Phi) is 1.78. The average Bonchev–Trinajstić information content (AvgIpc) is 2.45. The molecule has 0 unspecified atom stereocenters. The molecule has 2 N–H and O–H groups in total. The Labute approximate surface area is 81.7 Å². The van der Waals surface area contributed by atoms with Crippen LogP contribution in [-0.4, -0.2) is 14.9 Å². The molecular formula is C7H4ClN3O3. The van der Waals surface area contributed by atoms with Gasteiger partial charge in [-0.3, -0.25) is 10.1 Å². The highest BCUT2D eigenvalue weighted by Crippen LogP contribution is 2.25. The first-order valence-corrected chi connectivity index (χ1v) is 4.01. The number of H-pyrrole nitrogens is 2. The number of nitrogens with zero attached hydrogens (tertiary/aromatic N) is 1. The number of benzene rings is 1. The lowest BCUT2D eigenvalue weighted by atomic mass is 10.3. The second-order valence-electron chi connectivity index (χ2n) is 2.69. The predicted molar refractivity (Wildman–Crippen MR) is 50.6 cm³/mol. The third kappa shape index (κ3) is 1.25. The molecule has 0 saturated heterocycles. The molecule has 7 heteroatoms. The number of nitrogens with one attached hydrogen (secondary N) is 2. The number of nitro groups is 1. The molecular weight excluding hydrogens is 210 g/mol. The van der Waals surface area contributed by atoms with Crippen LogP contribution in [0.15, 0.2) is 16.9 Å². The van der Waals surface area contributed by atoms with E-state index in [9.17, 15) is 14.9 Å². The smallest absolute Gasteiger partial charge is 0.305 e. The van der Waals surface area contributed by atoms with Crippen molar-refractivity contribution in [3.8, 4) is 0 Å². The molecule has 72 valence electrons. The minimum Gasteiger partial charge on any atom is -0.305 e. The predicted octanol–water partition coefficient (Wildman–Crippen LogP) is 1.42. The highest BCUT2D eigenvalue weighted by Gasteiger charge is 2.12. The number of imidazole rings is 1. The van der Waals surface area contributed by atoms with Crippen molar-refractivity contribution in [2.24, 2.45) is 0 Å². The molecule has 2 aromatic rings. The maximum atomic E-state index is 10.9. The van der Waals surface area contributed by atoms with E-state index < -0.39 is 10.6 Å². The Bertz CT molecular complexity index is 571. The topological polar surface area (TPSA) is 91.8 Å². The molecule has 1 aromatic carbocycles. The minimum atomic E-state index is -0.573. The lowest BCUT2D eigenvalue weighted by molar-refractivity contribution is -0.384. The Balaban J connectivity index is 2.84. The van der Waals surface area contributed by atoms with E-state index in [4.69, 9.17) is 11.6 Å². The summed E-state index contributed by atoms with van der Waals surface area (Å²) in [5, 5.41) is 10.6. The van der Waals surface area contributed by atoms with Gasteiger partial charge in [0, 0.05) is 12.1 Å². The SMILES string of the molecule is O=c1[nH]c2cc([N+](=O)[O-])cc(Cl)c2[nH]1. The third-order valence-electron chi connectivity index (χ3n) is 1.77. The van der Waals surface area contributed by atoms with Gasteiger partial charge in [-0.25, -0.2) is 4.79 Å². The number of fused-ring (bicyclic) bond motifs is 1. The second kappa shape index (κ2) is 2.85. The van der Waals surface area contributed by atoms with E-state index >= 15 is 0 Å². The number of aromatic amines is 2. The Morgan fingerprint density at radius 1 is 1.36 bits per heavy atom. The number of rotatable bonds is 1. The van der Waals surface area contributed by atoms with Crippen LogP contribution in [0, 0.1) is 10.1 Å². The van der Waals surface area contributed by atoms with Crippen molar-refractivity contribution in [2.45, 2.75) is 0 Å². The van der Waals surface area contributed by atoms with Gasteiger partial charge in [0.15, 0.2) is 0 Å². The summed E-state index contributed by atoms with van der Waals surface area (Å²) in [7, 11) is 0. The van der Waals surface area contributed by atoms with E-state index in [0.717, 1.165) is 0 Å². The van der Waals surface area contributed by atoms with Gasteiger partial charge in [-0.15, -0.1) is 0 Å². The van der Waals surface area contributed by atoms with Gasteiger partial charge in [-0.05, 0) is 0 Å². The van der Waals surface area contributed by atoms with Crippen molar-refractivity contribution in [3.05, 3.63) is 37.8 Å². The molecule has 14 heavy (non-hydrogen) atoms. The highest BCUT2D eigenvalue weighted by molar-refractivity contribution is 6.35. The van der Waals surface area contributed by atoms with Gasteiger partial charge in [-0.2, -0.15) is 0 Å². The number of hydrogen-bond donors (Lipinski definition) is 2. The minimum absolute atomic E-state index is 0.146. The van der Waals surface area contributed by atoms with Crippen LogP contribution < -0.4 is 5.69 Å². The standard InChI is InChI=1S/C7H4ClN3O3/c8-4-1-3(11(13)14)2-5-6(4)10-7(12)9-5/h1-2H,(H2,9,10,12). The summed E-state index contributed by atoms with van der Waals surface area (Å²) >= 11 is 5.73. The molecule has 1 aromatic heterocycles. The van der Waals surface area contributed by atoms with Crippen LogP contribution >= 0.6 is 11.6 Å². The fourth-order valence-corrected chi connectivity index (χ4v) is 1.45. The Morgan fingerprint density at radius 3 is 2.71 bits per heavy atom. The summed E-state index contributed by atoms with van der Waals surface area (Å²) < 4.78 is 0. The molecule has 0 spiro atoms. The van der Waals surface area contributed by atoms with Gasteiger partial charge < -0.3 is 9.97 Å². The van der Waals surface area contributed by atoms with Gasteiger partial charge in [0.25, 0.3) is 5.69 Å². The summed E-state index contributed by atoms with van der Waals surface area (Å²) in [6.45, 7) is 0. The van der Waals surface area contributed by atoms with Crippen LogP contribution in [0.4, 0.5) is 5.69 Å². The van der Waals surface area contributed by atoms with Crippen LogP contribution in [0.2, 0.25) is 5.02 Å². The van der Waals surface area contributed by atoms with E-state index in [2.05, 4.69) is 9.97 Å². The molecule has 0 aliphatic carbocycles. The number of hydrogen-bond acceptors (Lipinski definition) is 3. The van der Waals surface area contributed by atoms with Gasteiger partial charge in [0.1, 0.15) is 0 Å². The first kappa shape index (κ1) is 8.76. The summed E-state index contributed by atoms with van der Waals surface area (Å²) in [6, 6.07) is 2.44. The molecule has 0 aliphatic heterocycles. The van der Waals surface area contributed by atoms with Crippen LogP contribution in [0.3, 0.4) is 0 Å². The lowest BCUT2D eigenvalue weighted by Gasteiger charge is -1.93. The molecule has 1 heterocycles. The van der Waals surface area contributed by atoms with Crippen LogP contribution in [0.25, 0.3) is 11.0 Å². The van der Waals surface area contributed by atoms with Gasteiger partial charge >= 0.3 is 5.69 Å². The summed E-state index contributed by atoms with van der Waals surface area (Å²) in [5.74, 6) is 0. The summed E-state index contributed by atoms with van der Waals surface area (Å²) in [6.07, 6.45) is 0. The number of non-ortho nitro benzene ring substituents is 1. The lowest BCUT2D eigenvalue weighted by Crippen LogP contribution is -1.99. The molecule has 0 radical (unpaired) electrons. The summed E-state index contributed by atoms with van der Waals surface area (Å²) in [5.41, 5.74) is 0.108. The summed E-state index contributed by atoms with van der Waals surface area (Å²) in [4.78, 5) is 25.6. The third-order valence-corrected chi connectivity index (χ3v) is 2.07. The van der Waals surface area contributed by atoms with Gasteiger partial charge in [0.2, 0.25) is 0 Å². The zero-order valence-corrected chi connectivity index (χ0v) is 7.46. The fraction of sp³-hybridized carbons (Fsp3) is 0. The van der Waals surface area contributed by atoms with E-state index in [0.29, 0.717) is 11.0 Å². The first-order valence-electron chi connectivity index (χ1n) is 3.64. The zero-order chi connectivity index (χ0) is 10.3. The highest BCUT2D eigenvalue weighted by atomic mass is 35.5. The Hall–Kier alpha value is -1.82. The number of nitro benzene ring substituents is 1. The average molecular weight is 214 g/mol. The maximum Gasteiger partial charge on any atom is 0.323 e. The van der Waals surface area contributed by atoms with Crippen LogP contribution in [-0.2, 0) is 0 Å². The van der Waals surface area contributed by atoms with Crippen molar-refractivity contribution < 1.29 is 4.92 Å². The van der Waals surface area contributed by atoms with Gasteiger partial charge in [0.05, 0.1) is 21.0 Å². The number of halogens is 1. The Morgan fingerprint density at radius 2 is 2.07 bits per heavy atom. The van der Waals surface area contributed by atoms with Crippen LogP contribution in [0.1, 0.15) is 0 Å². The molecule has 0 aliphatic rings. The van der Waals surface area contributed by atoms with E-state index in [1.165, 1.54) is 12.1 Å². The van der Waals surface area contributed by atoms with Crippen molar-refractivity contribution in [3.63, 3.8) is 0 Å². The first-order chi connectivity index (χ1) is 6.58. The van der Waals surface area contributed by atoms with Crippen molar-refractivity contribution in [1.29, 1.82) is 0 Å². The maximum absolute atomic E-state index is 10.9. The molecule has 0 saturated carbocycles. The molecule has 2 rings (SSSR count). The monoisotopic (exact) mass is 213 g/mol. The van der Waals surface area contributed by atoms with Crippen LogP contribution in [0.5, 0.6) is 0 Å². The van der Waals surface area contributed by atoms with Crippen molar-refractivity contribution >= 4 is 28.3 Å².